The van der Waals surface area contributed by atoms with Crippen LogP contribution in [0.2, 0.25) is 0 Å². The molecule has 3 aromatic rings. The quantitative estimate of drug-likeness (QED) is 0.342. The maximum atomic E-state index is 14.2. The molecular weight excluding hydrogens is 491 g/mol. The fourth-order valence-corrected chi connectivity index (χ4v) is 4.32. The number of anilines is 1. The summed E-state index contributed by atoms with van der Waals surface area (Å²) in [6.45, 7) is 1.91. The van der Waals surface area contributed by atoms with E-state index in [-0.39, 0.29) is 18.9 Å². The topological polar surface area (TPSA) is 123 Å². The summed E-state index contributed by atoms with van der Waals surface area (Å²) >= 11 is 0. The molecule has 196 valence electrons. The zero-order valence-electron chi connectivity index (χ0n) is 21.2. The van der Waals surface area contributed by atoms with Gasteiger partial charge in [0.15, 0.2) is 0 Å². The van der Waals surface area contributed by atoms with Gasteiger partial charge in [0.2, 0.25) is 11.9 Å². The number of fused-ring (bicyclic) bond motifs is 1. The molecule has 0 radical (unpaired) electrons. The summed E-state index contributed by atoms with van der Waals surface area (Å²) < 4.78 is 25.1. The number of amides is 1. The van der Waals surface area contributed by atoms with Crippen LogP contribution in [0.3, 0.4) is 0 Å². The Balaban J connectivity index is 1.68. The van der Waals surface area contributed by atoms with Crippen LogP contribution in [0.15, 0.2) is 54.5 Å². The molecule has 38 heavy (non-hydrogen) atoms. The SMILES string of the molecule is COc1cc(C=C2C(C)=C(CC(=O)NCc3cccnc3)c3cnc(F)cc32)cc(OC)c1NCC(=O)O. The molecule has 0 atom stereocenters. The molecule has 1 aliphatic carbocycles. The number of ether oxygens (including phenoxy) is 2. The molecule has 1 aliphatic rings. The maximum Gasteiger partial charge on any atom is 0.322 e. The molecular formula is C28H27FN4O5. The van der Waals surface area contributed by atoms with Crippen molar-refractivity contribution in [3.63, 3.8) is 0 Å². The largest absolute Gasteiger partial charge is 0.494 e. The van der Waals surface area contributed by atoms with E-state index in [1.807, 2.05) is 19.1 Å². The number of benzene rings is 1. The average Bonchev–Trinajstić information content (AvgIpc) is 3.16. The van der Waals surface area contributed by atoms with Crippen molar-refractivity contribution in [1.29, 1.82) is 0 Å². The molecule has 9 nitrogen and oxygen atoms in total. The number of rotatable bonds is 10. The second kappa shape index (κ2) is 11.5. The molecule has 0 spiro atoms. The number of hydrogen-bond acceptors (Lipinski definition) is 7. The Bertz CT molecular complexity index is 1410. The van der Waals surface area contributed by atoms with E-state index >= 15 is 0 Å². The van der Waals surface area contributed by atoms with E-state index in [1.165, 1.54) is 26.5 Å². The molecule has 0 aliphatic heterocycles. The van der Waals surface area contributed by atoms with Crippen LogP contribution >= 0.6 is 0 Å². The predicted octanol–water partition coefficient (Wildman–Crippen LogP) is 4.16. The third-order valence-corrected chi connectivity index (χ3v) is 6.15. The lowest BCUT2D eigenvalue weighted by Crippen LogP contribution is -2.22. The van der Waals surface area contributed by atoms with Crippen LogP contribution in [0.4, 0.5) is 10.1 Å². The summed E-state index contributed by atoms with van der Waals surface area (Å²) in [5.74, 6) is -1.08. The van der Waals surface area contributed by atoms with Gasteiger partial charge < -0.3 is 25.2 Å². The van der Waals surface area contributed by atoms with E-state index in [1.54, 1.807) is 30.6 Å². The number of hydrogen-bond donors (Lipinski definition) is 3. The number of carboxylic acid groups (broad SMARTS) is 1. The summed E-state index contributed by atoms with van der Waals surface area (Å²) in [7, 11) is 2.94. The van der Waals surface area contributed by atoms with Crippen molar-refractivity contribution in [2.24, 2.45) is 0 Å². The number of pyridine rings is 2. The molecule has 10 heteroatoms. The standard InChI is InChI=1S/C28H27FN4O5/c1-16-19(7-18-8-23(37-2)28(24(9-18)38-3)33-15-27(35)36)21-10-25(29)31-14-22(21)20(16)11-26(34)32-13-17-5-4-6-30-12-17/h4-10,12,14,33H,11,13,15H2,1-3H3,(H,32,34)(H,35,36). The van der Waals surface area contributed by atoms with Gasteiger partial charge in [-0.25, -0.2) is 4.98 Å². The summed E-state index contributed by atoms with van der Waals surface area (Å²) in [6.07, 6.45) is 6.74. The lowest BCUT2D eigenvalue weighted by atomic mass is 10.0. The first-order valence-corrected chi connectivity index (χ1v) is 11.8. The summed E-state index contributed by atoms with van der Waals surface area (Å²) in [5.41, 5.74) is 5.57. The Morgan fingerprint density at radius 2 is 1.84 bits per heavy atom. The summed E-state index contributed by atoms with van der Waals surface area (Å²) in [5, 5.41) is 14.7. The van der Waals surface area contributed by atoms with Crippen molar-refractivity contribution in [2.45, 2.75) is 19.9 Å². The van der Waals surface area contributed by atoms with E-state index in [0.717, 1.165) is 22.3 Å². The van der Waals surface area contributed by atoms with Crippen LogP contribution in [0.25, 0.3) is 17.2 Å². The molecule has 0 saturated heterocycles. The molecule has 1 amide bonds. The highest BCUT2D eigenvalue weighted by Gasteiger charge is 2.26. The zero-order chi connectivity index (χ0) is 27.2. The van der Waals surface area contributed by atoms with E-state index in [9.17, 15) is 14.0 Å². The number of carbonyl (C=O) groups excluding carboxylic acids is 1. The second-order valence-corrected chi connectivity index (χ2v) is 8.58. The molecule has 1 aromatic carbocycles. The number of aliphatic carboxylic acids is 1. The van der Waals surface area contributed by atoms with Crippen LogP contribution in [0.5, 0.6) is 11.5 Å². The highest BCUT2D eigenvalue weighted by molar-refractivity contribution is 6.08. The molecule has 2 heterocycles. The Morgan fingerprint density at radius 1 is 1.11 bits per heavy atom. The van der Waals surface area contributed by atoms with Crippen LogP contribution in [0.1, 0.15) is 35.6 Å². The van der Waals surface area contributed by atoms with Crippen LogP contribution in [-0.4, -0.2) is 47.7 Å². The summed E-state index contributed by atoms with van der Waals surface area (Å²) in [6, 6.07) is 8.48. The van der Waals surface area contributed by atoms with Gasteiger partial charge in [-0.15, -0.1) is 0 Å². The lowest BCUT2D eigenvalue weighted by Gasteiger charge is -2.15. The molecule has 0 fully saturated rings. The van der Waals surface area contributed by atoms with Crippen LogP contribution in [0, 0.1) is 5.95 Å². The van der Waals surface area contributed by atoms with Crippen molar-refractivity contribution in [1.82, 2.24) is 15.3 Å². The summed E-state index contributed by atoms with van der Waals surface area (Å²) in [4.78, 5) is 31.7. The number of halogens is 1. The second-order valence-electron chi connectivity index (χ2n) is 8.58. The number of carbonyl (C=O) groups is 2. The third kappa shape index (κ3) is 5.80. The number of allylic oxidation sites excluding steroid dienone is 2. The minimum absolute atomic E-state index is 0.0917. The first-order chi connectivity index (χ1) is 18.3. The minimum Gasteiger partial charge on any atom is -0.494 e. The normalized spacial score (nSPS) is 13.3. The highest BCUT2D eigenvalue weighted by atomic mass is 19.1. The van der Waals surface area contributed by atoms with Gasteiger partial charge in [-0.05, 0) is 64.6 Å². The first-order valence-electron chi connectivity index (χ1n) is 11.8. The van der Waals surface area contributed by atoms with Gasteiger partial charge in [-0.3, -0.25) is 14.6 Å². The Hall–Kier alpha value is -4.73. The van der Waals surface area contributed by atoms with Crippen molar-refractivity contribution in [3.05, 3.63) is 82.7 Å². The third-order valence-electron chi connectivity index (χ3n) is 6.15. The monoisotopic (exact) mass is 518 g/mol. The number of nitrogens with one attached hydrogen (secondary N) is 2. The smallest absolute Gasteiger partial charge is 0.322 e. The highest BCUT2D eigenvalue weighted by Crippen LogP contribution is 2.44. The first kappa shape index (κ1) is 26.3. The van der Waals surface area contributed by atoms with Crippen molar-refractivity contribution < 1.29 is 28.6 Å². The van der Waals surface area contributed by atoms with Crippen molar-refractivity contribution in [3.8, 4) is 11.5 Å². The molecule has 4 rings (SSSR count). The molecule has 2 aromatic heterocycles. The average molecular weight is 519 g/mol. The van der Waals surface area contributed by atoms with Gasteiger partial charge in [0.25, 0.3) is 0 Å². The van der Waals surface area contributed by atoms with Crippen LogP contribution in [-0.2, 0) is 16.1 Å². The zero-order valence-corrected chi connectivity index (χ0v) is 21.2. The van der Waals surface area contributed by atoms with Gasteiger partial charge in [0.1, 0.15) is 23.7 Å². The minimum atomic E-state index is -1.03. The number of nitrogens with zero attached hydrogens (tertiary/aromatic N) is 2. The molecule has 0 bridgehead atoms. The van der Waals surface area contributed by atoms with Gasteiger partial charge in [0, 0.05) is 36.8 Å². The van der Waals surface area contributed by atoms with Gasteiger partial charge in [-0.2, -0.15) is 4.39 Å². The van der Waals surface area contributed by atoms with E-state index in [2.05, 4.69) is 20.6 Å². The van der Waals surface area contributed by atoms with Gasteiger partial charge in [-0.1, -0.05) is 6.07 Å². The van der Waals surface area contributed by atoms with Crippen molar-refractivity contribution in [2.75, 3.05) is 26.1 Å². The number of methoxy groups -OCH3 is 2. The molecule has 0 unspecified atom stereocenters. The Morgan fingerprint density at radius 3 is 2.47 bits per heavy atom. The molecule has 3 N–H and O–H groups in total. The van der Waals surface area contributed by atoms with E-state index in [0.29, 0.717) is 40.4 Å². The van der Waals surface area contributed by atoms with Gasteiger partial charge in [0.05, 0.1) is 20.6 Å². The Kier molecular flexibility index (Phi) is 8.00. The lowest BCUT2D eigenvalue weighted by molar-refractivity contribution is -0.135. The van der Waals surface area contributed by atoms with E-state index in [4.69, 9.17) is 14.6 Å². The number of carboxylic acids is 1. The molecule has 0 saturated carbocycles. The van der Waals surface area contributed by atoms with Gasteiger partial charge >= 0.3 is 5.97 Å². The maximum absolute atomic E-state index is 14.2. The van der Waals surface area contributed by atoms with Crippen molar-refractivity contribution >= 4 is 34.8 Å². The fourth-order valence-electron chi connectivity index (χ4n) is 4.32. The fraction of sp³-hybridized carbons (Fsp3) is 0.214. The predicted molar refractivity (Wildman–Crippen MR) is 141 cm³/mol. The van der Waals surface area contributed by atoms with Crippen LogP contribution < -0.4 is 20.1 Å². The van der Waals surface area contributed by atoms with E-state index < -0.39 is 11.9 Å². The Labute approximate surface area is 219 Å². The number of aromatic nitrogens is 2.